The number of nitrogens with one attached hydrogen (secondary N) is 1. The monoisotopic (exact) mass is 299 g/mol. The Balaban J connectivity index is 0.00000102. The molecule has 1 amide bonds. The Morgan fingerprint density at radius 2 is 1.95 bits per heavy atom. The van der Waals surface area contributed by atoms with Gasteiger partial charge in [-0.15, -0.1) is 0 Å². The lowest BCUT2D eigenvalue weighted by Crippen LogP contribution is -2.03. The molecule has 1 aromatic carbocycles. The van der Waals surface area contributed by atoms with Crippen molar-refractivity contribution in [2.45, 2.75) is 47.5 Å². The van der Waals surface area contributed by atoms with Crippen molar-refractivity contribution < 1.29 is 4.79 Å². The number of hydrogen-bond acceptors (Lipinski definition) is 1. The Kier molecular flexibility index (Phi) is 10.5. The molecular weight excluding hydrogens is 270 g/mol. The molecule has 0 saturated carbocycles. The smallest absolute Gasteiger partial charge is 0.228 e. The minimum Gasteiger partial charge on any atom is -0.326 e. The number of carbonyl (C=O) groups is 1. The Morgan fingerprint density at radius 3 is 2.55 bits per heavy atom. The lowest BCUT2D eigenvalue weighted by molar-refractivity contribution is -0.115. The highest BCUT2D eigenvalue weighted by Gasteiger charge is 2.17. The third-order valence-corrected chi connectivity index (χ3v) is 2.92. The molecule has 0 saturated heterocycles. The molecule has 2 heteroatoms. The van der Waals surface area contributed by atoms with Gasteiger partial charge in [0.2, 0.25) is 5.91 Å². The number of amides is 1. The molecule has 0 atom stereocenters. The molecule has 2 rings (SSSR count). The van der Waals surface area contributed by atoms with E-state index in [0.29, 0.717) is 6.42 Å². The molecule has 0 radical (unpaired) electrons. The topological polar surface area (TPSA) is 29.1 Å². The lowest BCUT2D eigenvalue weighted by Gasteiger charge is -2.05. The SMILES string of the molecule is C=C/C=C(\C=C/C)Cc1ccc2c(c1)CC(=O)N2.CC.CC. The van der Waals surface area contributed by atoms with Crippen LogP contribution in [-0.2, 0) is 17.6 Å². The van der Waals surface area contributed by atoms with E-state index in [2.05, 4.69) is 30.1 Å². The first-order chi connectivity index (χ1) is 10.7. The second-order valence-corrected chi connectivity index (χ2v) is 4.37. The minimum atomic E-state index is 0.0810. The summed E-state index contributed by atoms with van der Waals surface area (Å²) in [7, 11) is 0. The average molecular weight is 299 g/mol. The summed E-state index contributed by atoms with van der Waals surface area (Å²) in [6, 6.07) is 6.15. The van der Waals surface area contributed by atoms with Crippen molar-refractivity contribution in [3.63, 3.8) is 0 Å². The zero-order valence-corrected chi connectivity index (χ0v) is 14.6. The Hall–Kier alpha value is -2.09. The Morgan fingerprint density at radius 1 is 1.27 bits per heavy atom. The summed E-state index contributed by atoms with van der Waals surface area (Å²) in [6.45, 7) is 13.7. The molecule has 0 unspecified atom stereocenters. The van der Waals surface area contributed by atoms with E-state index in [4.69, 9.17) is 0 Å². The van der Waals surface area contributed by atoms with Gasteiger partial charge in [-0.1, -0.05) is 70.7 Å². The minimum absolute atomic E-state index is 0.0810. The average Bonchev–Trinajstić information content (AvgIpc) is 2.91. The van der Waals surface area contributed by atoms with E-state index in [1.807, 2.05) is 52.8 Å². The molecule has 120 valence electrons. The zero-order chi connectivity index (χ0) is 17.0. The van der Waals surface area contributed by atoms with Crippen molar-refractivity contribution in [1.29, 1.82) is 0 Å². The Labute approximate surface area is 135 Å². The standard InChI is InChI=1S/C16H17NO.2C2H6/c1-3-5-12(6-4-2)9-13-7-8-15-14(10-13)11-16(18)17-15;2*1-2/h3-8,10H,1,9,11H2,2H3,(H,17,18);2*1-2H3/b6-4-,12-5+;;. The van der Waals surface area contributed by atoms with Gasteiger partial charge in [-0.2, -0.15) is 0 Å². The molecular formula is C20H29NO. The zero-order valence-electron chi connectivity index (χ0n) is 14.6. The molecule has 1 N–H and O–H groups in total. The molecule has 1 aliphatic rings. The van der Waals surface area contributed by atoms with Crippen molar-refractivity contribution in [1.82, 2.24) is 0 Å². The second-order valence-electron chi connectivity index (χ2n) is 4.37. The number of fused-ring (bicyclic) bond motifs is 1. The summed E-state index contributed by atoms with van der Waals surface area (Å²) < 4.78 is 0. The largest absolute Gasteiger partial charge is 0.326 e. The van der Waals surface area contributed by atoms with E-state index in [1.165, 1.54) is 11.1 Å². The molecule has 0 spiro atoms. The van der Waals surface area contributed by atoms with Gasteiger partial charge < -0.3 is 5.32 Å². The number of rotatable bonds is 4. The van der Waals surface area contributed by atoms with Crippen LogP contribution >= 0.6 is 0 Å². The van der Waals surface area contributed by atoms with Crippen molar-refractivity contribution in [3.8, 4) is 0 Å². The quantitative estimate of drug-likeness (QED) is 0.734. The molecule has 0 bridgehead atoms. The van der Waals surface area contributed by atoms with Crippen LogP contribution in [0.2, 0.25) is 0 Å². The number of hydrogen-bond donors (Lipinski definition) is 1. The van der Waals surface area contributed by atoms with E-state index in [9.17, 15) is 4.79 Å². The number of anilines is 1. The fourth-order valence-electron chi connectivity index (χ4n) is 2.17. The number of allylic oxidation sites excluding steroid dienone is 5. The van der Waals surface area contributed by atoms with Crippen LogP contribution in [0.5, 0.6) is 0 Å². The maximum Gasteiger partial charge on any atom is 0.228 e. The van der Waals surface area contributed by atoms with Gasteiger partial charge in [0.25, 0.3) is 0 Å². The molecule has 0 fully saturated rings. The first kappa shape index (κ1) is 19.9. The molecule has 22 heavy (non-hydrogen) atoms. The van der Waals surface area contributed by atoms with Gasteiger partial charge in [-0.05, 0) is 36.1 Å². The molecule has 0 aliphatic carbocycles. The van der Waals surface area contributed by atoms with Crippen molar-refractivity contribution in [3.05, 3.63) is 65.8 Å². The van der Waals surface area contributed by atoms with Crippen molar-refractivity contribution in [2.24, 2.45) is 0 Å². The third-order valence-electron chi connectivity index (χ3n) is 2.92. The van der Waals surface area contributed by atoms with Gasteiger partial charge in [0, 0.05) is 5.69 Å². The van der Waals surface area contributed by atoms with Crippen LogP contribution < -0.4 is 5.32 Å². The predicted octanol–water partition coefficient (Wildman–Crippen LogP) is 5.46. The van der Waals surface area contributed by atoms with E-state index in [-0.39, 0.29) is 5.91 Å². The fraction of sp³-hybridized carbons (Fsp3) is 0.350. The fourth-order valence-corrected chi connectivity index (χ4v) is 2.17. The van der Waals surface area contributed by atoms with Crippen LogP contribution in [0.3, 0.4) is 0 Å². The number of carbonyl (C=O) groups excluding carboxylic acids is 1. The van der Waals surface area contributed by atoms with Crippen molar-refractivity contribution >= 4 is 11.6 Å². The first-order valence-corrected chi connectivity index (χ1v) is 8.09. The second kappa shape index (κ2) is 11.6. The van der Waals surface area contributed by atoms with Crippen LogP contribution in [0.15, 0.2) is 54.7 Å². The summed E-state index contributed by atoms with van der Waals surface area (Å²) >= 11 is 0. The lowest BCUT2D eigenvalue weighted by atomic mass is 10.0. The van der Waals surface area contributed by atoms with E-state index in [0.717, 1.165) is 17.7 Å². The Bertz CT molecular complexity index is 539. The summed E-state index contributed by atoms with van der Waals surface area (Å²) in [6.07, 6.45) is 9.27. The van der Waals surface area contributed by atoms with Crippen LogP contribution in [-0.4, -0.2) is 5.91 Å². The third kappa shape index (κ3) is 6.13. The molecule has 1 aromatic rings. The maximum atomic E-state index is 11.3. The summed E-state index contributed by atoms with van der Waals surface area (Å²) in [5.41, 5.74) is 4.47. The molecule has 0 aromatic heterocycles. The highest BCUT2D eigenvalue weighted by atomic mass is 16.1. The van der Waals surface area contributed by atoms with E-state index >= 15 is 0 Å². The summed E-state index contributed by atoms with van der Waals surface area (Å²) in [4.78, 5) is 11.3. The van der Waals surface area contributed by atoms with Crippen LogP contribution in [0.1, 0.15) is 45.7 Å². The highest BCUT2D eigenvalue weighted by molar-refractivity contribution is 5.99. The van der Waals surface area contributed by atoms with Gasteiger partial charge in [0.15, 0.2) is 0 Å². The molecule has 1 aliphatic heterocycles. The van der Waals surface area contributed by atoms with Gasteiger partial charge in [-0.3, -0.25) is 4.79 Å². The molecule has 2 nitrogen and oxygen atoms in total. The first-order valence-electron chi connectivity index (χ1n) is 8.09. The van der Waals surface area contributed by atoms with Crippen LogP contribution in [0.25, 0.3) is 0 Å². The normalized spacial score (nSPS) is 12.6. The summed E-state index contributed by atoms with van der Waals surface area (Å²) in [5, 5.41) is 2.84. The maximum absolute atomic E-state index is 11.3. The summed E-state index contributed by atoms with van der Waals surface area (Å²) in [5.74, 6) is 0.0810. The van der Waals surface area contributed by atoms with E-state index < -0.39 is 0 Å². The predicted molar refractivity (Wildman–Crippen MR) is 98.3 cm³/mol. The van der Waals surface area contributed by atoms with Gasteiger partial charge in [0.05, 0.1) is 6.42 Å². The van der Waals surface area contributed by atoms with Gasteiger partial charge in [-0.25, -0.2) is 0 Å². The molecule has 1 heterocycles. The van der Waals surface area contributed by atoms with Gasteiger partial charge >= 0.3 is 0 Å². The van der Waals surface area contributed by atoms with Crippen LogP contribution in [0, 0.1) is 0 Å². The highest BCUT2D eigenvalue weighted by Crippen LogP contribution is 2.25. The van der Waals surface area contributed by atoms with Crippen LogP contribution in [0.4, 0.5) is 5.69 Å². The van der Waals surface area contributed by atoms with Crippen molar-refractivity contribution in [2.75, 3.05) is 5.32 Å². The number of benzene rings is 1. The van der Waals surface area contributed by atoms with E-state index in [1.54, 1.807) is 6.08 Å². The van der Waals surface area contributed by atoms with Gasteiger partial charge in [0.1, 0.15) is 0 Å².